The molecule has 0 saturated carbocycles. The number of aromatic nitrogens is 1. The summed E-state index contributed by atoms with van der Waals surface area (Å²) in [5.74, 6) is 0. The van der Waals surface area contributed by atoms with Crippen LogP contribution in [0.1, 0.15) is 11.3 Å². The summed E-state index contributed by atoms with van der Waals surface area (Å²) in [4.78, 5) is 13.9. The Balaban J connectivity index is 2.77. The average molecular weight is 163 g/mol. The maximum Gasteiger partial charge on any atom is 0.142 e. The van der Waals surface area contributed by atoms with Gasteiger partial charge in [-0.2, -0.15) is 0 Å². The number of carbonyl (C=O) groups is 1. The Hall–Kier alpha value is -1.48. The standard InChI is InChI=1S/C9H9NO2/c11-5-1-2-8-3-4-9(7-12)10-6-8/h1-6,12H,7H2. The smallest absolute Gasteiger partial charge is 0.142 e. The number of carbonyl (C=O) groups excluding carboxylic acids is 1. The monoisotopic (exact) mass is 163 g/mol. The second-order valence-corrected chi connectivity index (χ2v) is 2.24. The largest absolute Gasteiger partial charge is 0.390 e. The second-order valence-electron chi connectivity index (χ2n) is 2.24. The van der Waals surface area contributed by atoms with Crippen LogP contribution in [-0.4, -0.2) is 16.4 Å². The van der Waals surface area contributed by atoms with Gasteiger partial charge in [-0.1, -0.05) is 12.1 Å². The van der Waals surface area contributed by atoms with Gasteiger partial charge < -0.3 is 5.11 Å². The fourth-order valence-electron chi connectivity index (χ4n) is 0.778. The molecule has 0 fully saturated rings. The Morgan fingerprint density at radius 3 is 2.83 bits per heavy atom. The van der Waals surface area contributed by atoms with E-state index in [4.69, 9.17) is 5.11 Å². The van der Waals surface area contributed by atoms with E-state index >= 15 is 0 Å². The Morgan fingerprint density at radius 1 is 1.50 bits per heavy atom. The summed E-state index contributed by atoms with van der Waals surface area (Å²) in [6, 6.07) is 3.50. The normalized spacial score (nSPS) is 10.4. The highest BCUT2D eigenvalue weighted by molar-refractivity contribution is 5.73. The molecule has 0 aliphatic carbocycles. The van der Waals surface area contributed by atoms with E-state index in [2.05, 4.69) is 4.98 Å². The minimum atomic E-state index is -0.0579. The van der Waals surface area contributed by atoms with Gasteiger partial charge >= 0.3 is 0 Å². The Kier molecular flexibility index (Phi) is 3.17. The summed E-state index contributed by atoms with van der Waals surface area (Å²) < 4.78 is 0. The number of pyridine rings is 1. The van der Waals surface area contributed by atoms with E-state index in [1.807, 2.05) is 0 Å². The SMILES string of the molecule is O=CC=Cc1ccc(CO)nc1. The second kappa shape index (κ2) is 4.41. The van der Waals surface area contributed by atoms with Crippen LogP contribution in [-0.2, 0) is 11.4 Å². The number of nitrogens with zero attached hydrogens (tertiary/aromatic N) is 1. The number of allylic oxidation sites excluding steroid dienone is 1. The van der Waals surface area contributed by atoms with Crippen molar-refractivity contribution in [1.82, 2.24) is 4.98 Å². The lowest BCUT2D eigenvalue weighted by Gasteiger charge is -1.94. The minimum absolute atomic E-state index is 0.0579. The van der Waals surface area contributed by atoms with Crippen molar-refractivity contribution in [2.45, 2.75) is 6.61 Å². The summed E-state index contributed by atoms with van der Waals surface area (Å²) in [6.45, 7) is -0.0579. The molecular formula is C9H9NO2. The number of rotatable bonds is 3. The molecule has 0 bridgehead atoms. The van der Waals surface area contributed by atoms with Crippen molar-refractivity contribution in [2.75, 3.05) is 0 Å². The lowest BCUT2D eigenvalue weighted by Crippen LogP contribution is -1.87. The Labute approximate surface area is 70.4 Å². The molecule has 12 heavy (non-hydrogen) atoms. The molecule has 0 aromatic carbocycles. The van der Waals surface area contributed by atoms with Gasteiger partial charge in [0.1, 0.15) is 6.29 Å². The summed E-state index contributed by atoms with van der Waals surface area (Å²) >= 11 is 0. The number of aldehydes is 1. The van der Waals surface area contributed by atoms with Crippen LogP contribution >= 0.6 is 0 Å². The van der Waals surface area contributed by atoms with Crippen molar-refractivity contribution in [1.29, 1.82) is 0 Å². The molecule has 0 saturated heterocycles. The molecule has 0 spiro atoms. The van der Waals surface area contributed by atoms with Crippen molar-refractivity contribution in [3.63, 3.8) is 0 Å². The zero-order chi connectivity index (χ0) is 8.81. The van der Waals surface area contributed by atoms with Gasteiger partial charge in [-0.3, -0.25) is 9.78 Å². The quantitative estimate of drug-likeness (QED) is 0.529. The lowest BCUT2D eigenvalue weighted by atomic mass is 10.2. The van der Waals surface area contributed by atoms with Gasteiger partial charge in [0.2, 0.25) is 0 Å². The highest BCUT2D eigenvalue weighted by Crippen LogP contribution is 2.01. The molecule has 1 N–H and O–H groups in total. The Morgan fingerprint density at radius 2 is 2.33 bits per heavy atom. The molecule has 1 aromatic heterocycles. The molecule has 62 valence electrons. The third-order valence-electron chi connectivity index (χ3n) is 1.38. The van der Waals surface area contributed by atoms with E-state index in [0.717, 1.165) is 5.56 Å². The first-order chi connectivity index (χ1) is 5.86. The first-order valence-electron chi connectivity index (χ1n) is 3.54. The highest BCUT2D eigenvalue weighted by Gasteiger charge is 1.90. The van der Waals surface area contributed by atoms with Crippen molar-refractivity contribution in [2.24, 2.45) is 0 Å². The van der Waals surface area contributed by atoms with Crippen molar-refractivity contribution >= 4 is 12.4 Å². The molecule has 3 nitrogen and oxygen atoms in total. The fourth-order valence-corrected chi connectivity index (χ4v) is 0.778. The van der Waals surface area contributed by atoms with Crippen LogP contribution in [0.2, 0.25) is 0 Å². The molecule has 3 heteroatoms. The van der Waals surface area contributed by atoms with Gasteiger partial charge in [0.15, 0.2) is 0 Å². The fraction of sp³-hybridized carbons (Fsp3) is 0.111. The highest BCUT2D eigenvalue weighted by atomic mass is 16.3. The summed E-state index contributed by atoms with van der Waals surface area (Å²) in [6.07, 6.45) is 5.36. The molecule has 0 aliphatic heterocycles. The first-order valence-corrected chi connectivity index (χ1v) is 3.54. The molecule has 1 heterocycles. The van der Waals surface area contributed by atoms with Crippen LogP contribution in [0.4, 0.5) is 0 Å². The molecule has 0 radical (unpaired) electrons. The van der Waals surface area contributed by atoms with Crippen LogP contribution in [0.3, 0.4) is 0 Å². The molecule has 0 aliphatic rings. The van der Waals surface area contributed by atoms with E-state index in [9.17, 15) is 4.79 Å². The van der Waals surface area contributed by atoms with Crippen LogP contribution in [0.15, 0.2) is 24.4 Å². The van der Waals surface area contributed by atoms with Crippen LogP contribution in [0.25, 0.3) is 6.08 Å². The summed E-state index contributed by atoms with van der Waals surface area (Å²) in [5.41, 5.74) is 1.47. The van der Waals surface area contributed by atoms with Gasteiger partial charge in [-0.15, -0.1) is 0 Å². The zero-order valence-corrected chi connectivity index (χ0v) is 6.47. The summed E-state index contributed by atoms with van der Waals surface area (Å²) in [5, 5.41) is 8.67. The predicted octanol–water partition coefficient (Wildman–Crippen LogP) is 0.786. The molecule has 1 aromatic rings. The predicted molar refractivity (Wildman–Crippen MR) is 45.3 cm³/mol. The number of hydrogen-bond donors (Lipinski definition) is 1. The Bertz CT molecular complexity index is 277. The number of aliphatic hydroxyl groups is 1. The summed E-state index contributed by atoms with van der Waals surface area (Å²) in [7, 11) is 0. The zero-order valence-electron chi connectivity index (χ0n) is 6.47. The van der Waals surface area contributed by atoms with E-state index < -0.39 is 0 Å². The molecule has 1 rings (SSSR count). The topological polar surface area (TPSA) is 50.2 Å². The van der Waals surface area contributed by atoms with Gasteiger partial charge in [0.25, 0.3) is 0 Å². The van der Waals surface area contributed by atoms with Crippen LogP contribution < -0.4 is 0 Å². The lowest BCUT2D eigenvalue weighted by molar-refractivity contribution is -0.104. The van der Waals surface area contributed by atoms with E-state index in [-0.39, 0.29) is 6.61 Å². The van der Waals surface area contributed by atoms with E-state index in [1.165, 1.54) is 6.08 Å². The van der Waals surface area contributed by atoms with Crippen molar-refractivity contribution in [3.8, 4) is 0 Å². The minimum Gasteiger partial charge on any atom is -0.390 e. The maximum atomic E-state index is 9.95. The number of aliphatic hydroxyl groups excluding tert-OH is 1. The molecule has 0 unspecified atom stereocenters. The van der Waals surface area contributed by atoms with Crippen LogP contribution in [0, 0.1) is 0 Å². The van der Waals surface area contributed by atoms with Gasteiger partial charge in [0.05, 0.1) is 12.3 Å². The van der Waals surface area contributed by atoms with E-state index in [1.54, 1.807) is 24.4 Å². The van der Waals surface area contributed by atoms with Crippen molar-refractivity contribution in [3.05, 3.63) is 35.7 Å². The van der Waals surface area contributed by atoms with Gasteiger partial charge in [-0.25, -0.2) is 0 Å². The van der Waals surface area contributed by atoms with Crippen LogP contribution in [0.5, 0.6) is 0 Å². The third-order valence-corrected chi connectivity index (χ3v) is 1.38. The van der Waals surface area contributed by atoms with Gasteiger partial charge in [-0.05, 0) is 17.7 Å². The molecule has 0 atom stereocenters. The average Bonchev–Trinajstić information content (AvgIpc) is 2.15. The first kappa shape index (κ1) is 8.62. The molecule has 0 amide bonds. The molecular weight excluding hydrogens is 154 g/mol. The van der Waals surface area contributed by atoms with Crippen molar-refractivity contribution < 1.29 is 9.90 Å². The maximum absolute atomic E-state index is 9.95. The number of hydrogen-bond acceptors (Lipinski definition) is 3. The van der Waals surface area contributed by atoms with Gasteiger partial charge in [0, 0.05) is 6.20 Å². The third kappa shape index (κ3) is 2.29. The van der Waals surface area contributed by atoms with E-state index in [0.29, 0.717) is 12.0 Å².